The van der Waals surface area contributed by atoms with Gasteiger partial charge in [-0.15, -0.1) is 0 Å². The van der Waals surface area contributed by atoms with E-state index in [2.05, 4.69) is 15.2 Å². The molecule has 0 saturated carbocycles. The largest absolute Gasteiger partial charge is 0.433 e. The third kappa shape index (κ3) is 3.45. The number of aryl methyl sites for hydroxylation is 1. The van der Waals surface area contributed by atoms with Crippen LogP contribution < -0.4 is 10.1 Å². The van der Waals surface area contributed by atoms with Gasteiger partial charge in [0.15, 0.2) is 0 Å². The van der Waals surface area contributed by atoms with Gasteiger partial charge in [-0.3, -0.25) is 9.48 Å². The second-order valence-electron chi connectivity index (χ2n) is 3.88. The summed E-state index contributed by atoms with van der Waals surface area (Å²) < 4.78 is 29.8. The fourth-order valence-electron chi connectivity index (χ4n) is 1.51. The van der Waals surface area contributed by atoms with Crippen molar-refractivity contribution >= 4 is 23.2 Å². The molecule has 5 nitrogen and oxygen atoms in total. The standard InChI is InChI=1S/C12H10ClF2N3O2/c1-18-6-7(5-16-18)11(19)17-8-2-3-10(9(13)4-8)20-12(14)15/h2-6,12H,1H3,(H,17,19). The van der Waals surface area contributed by atoms with E-state index in [0.717, 1.165) is 0 Å². The lowest BCUT2D eigenvalue weighted by atomic mass is 10.2. The summed E-state index contributed by atoms with van der Waals surface area (Å²) >= 11 is 5.78. The predicted octanol–water partition coefficient (Wildman–Crippen LogP) is 2.93. The van der Waals surface area contributed by atoms with Gasteiger partial charge in [-0.05, 0) is 18.2 Å². The SMILES string of the molecule is Cn1cc(C(=O)Nc2ccc(OC(F)F)c(Cl)c2)cn1. The van der Waals surface area contributed by atoms with Gasteiger partial charge in [-0.25, -0.2) is 0 Å². The topological polar surface area (TPSA) is 56.2 Å². The Labute approximate surface area is 118 Å². The van der Waals surface area contributed by atoms with E-state index in [-0.39, 0.29) is 16.7 Å². The van der Waals surface area contributed by atoms with Gasteiger partial charge in [-0.1, -0.05) is 11.6 Å². The van der Waals surface area contributed by atoms with Crippen molar-refractivity contribution in [3.05, 3.63) is 41.2 Å². The Balaban J connectivity index is 2.10. The fourth-order valence-corrected chi connectivity index (χ4v) is 1.74. The van der Waals surface area contributed by atoms with Gasteiger partial charge < -0.3 is 10.1 Å². The van der Waals surface area contributed by atoms with E-state index in [0.29, 0.717) is 11.3 Å². The fraction of sp³-hybridized carbons (Fsp3) is 0.167. The molecule has 0 aliphatic heterocycles. The third-order valence-electron chi connectivity index (χ3n) is 2.37. The number of rotatable bonds is 4. The van der Waals surface area contributed by atoms with E-state index in [9.17, 15) is 13.6 Å². The van der Waals surface area contributed by atoms with Gasteiger partial charge in [0.05, 0.1) is 16.8 Å². The molecule has 0 radical (unpaired) electrons. The number of halogens is 3. The number of carbonyl (C=O) groups is 1. The summed E-state index contributed by atoms with van der Waals surface area (Å²) in [6.07, 6.45) is 2.95. The maximum absolute atomic E-state index is 12.1. The Kier molecular flexibility index (Phi) is 4.19. The molecule has 20 heavy (non-hydrogen) atoms. The highest BCUT2D eigenvalue weighted by Crippen LogP contribution is 2.29. The average Bonchev–Trinajstić information content (AvgIpc) is 2.79. The molecule has 1 aromatic heterocycles. The van der Waals surface area contributed by atoms with Crippen molar-refractivity contribution in [2.75, 3.05) is 5.32 Å². The highest BCUT2D eigenvalue weighted by Gasteiger charge is 2.12. The number of aromatic nitrogens is 2. The lowest BCUT2D eigenvalue weighted by Gasteiger charge is -2.09. The van der Waals surface area contributed by atoms with Crippen LogP contribution in [0.25, 0.3) is 0 Å². The molecular formula is C12H10ClF2N3O2. The van der Waals surface area contributed by atoms with Crippen LogP contribution in [0.15, 0.2) is 30.6 Å². The van der Waals surface area contributed by atoms with Crippen LogP contribution in [0.5, 0.6) is 5.75 Å². The first-order valence-corrected chi connectivity index (χ1v) is 5.88. The average molecular weight is 302 g/mol. The first kappa shape index (κ1) is 14.3. The van der Waals surface area contributed by atoms with Crippen LogP contribution in [0.3, 0.4) is 0 Å². The van der Waals surface area contributed by atoms with E-state index in [1.807, 2.05) is 0 Å². The van der Waals surface area contributed by atoms with Gasteiger partial charge >= 0.3 is 6.61 Å². The Morgan fingerprint density at radius 1 is 1.50 bits per heavy atom. The smallest absolute Gasteiger partial charge is 0.387 e. The number of benzene rings is 1. The highest BCUT2D eigenvalue weighted by molar-refractivity contribution is 6.32. The second-order valence-corrected chi connectivity index (χ2v) is 4.29. The van der Waals surface area contributed by atoms with Crippen molar-refractivity contribution in [3.63, 3.8) is 0 Å². The number of anilines is 1. The Hall–Kier alpha value is -2.15. The van der Waals surface area contributed by atoms with Gasteiger partial charge in [0.25, 0.3) is 5.91 Å². The monoisotopic (exact) mass is 301 g/mol. The van der Waals surface area contributed by atoms with Crippen LogP contribution in [-0.2, 0) is 7.05 Å². The first-order chi connectivity index (χ1) is 9.45. The summed E-state index contributed by atoms with van der Waals surface area (Å²) in [4.78, 5) is 11.8. The lowest BCUT2D eigenvalue weighted by molar-refractivity contribution is -0.0497. The van der Waals surface area contributed by atoms with Gasteiger partial charge in [0.1, 0.15) is 5.75 Å². The molecule has 0 fully saturated rings. The van der Waals surface area contributed by atoms with E-state index >= 15 is 0 Å². The molecule has 0 spiro atoms. The zero-order valence-electron chi connectivity index (χ0n) is 10.3. The van der Waals surface area contributed by atoms with Crippen molar-refractivity contribution in [1.82, 2.24) is 9.78 Å². The first-order valence-electron chi connectivity index (χ1n) is 5.50. The zero-order chi connectivity index (χ0) is 14.7. The summed E-state index contributed by atoms with van der Waals surface area (Å²) in [7, 11) is 1.68. The van der Waals surface area contributed by atoms with E-state index in [4.69, 9.17) is 11.6 Å². The molecule has 8 heteroatoms. The number of amides is 1. The Morgan fingerprint density at radius 3 is 2.80 bits per heavy atom. The van der Waals surface area contributed by atoms with Crippen LogP contribution in [-0.4, -0.2) is 22.3 Å². The minimum Gasteiger partial charge on any atom is -0.433 e. The normalized spacial score (nSPS) is 10.7. The maximum Gasteiger partial charge on any atom is 0.387 e. The molecule has 1 aromatic carbocycles. The quantitative estimate of drug-likeness (QED) is 0.944. The number of hydrogen-bond acceptors (Lipinski definition) is 3. The molecule has 1 amide bonds. The number of ether oxygens (including phenoxy) is 1. The van der Waals surface area contributed by atoms with E-state index in [1.54, 1.807) is 13.2 Å². The van der Waals surface area contributed by atoms with Gasteiger partial charge in [0.2, 0.25) is 0 Å². The van der Waals surface area contributed by atoms with Gasteiger partial charge in [0, 0.05) is 18.9 Å². The highest BCUT2D eigenvalue weighted by atomic mass is 35.5. The van der Waals surface area contributed by atoms with Crippen molar-refractivity contribution < 1.29 is 18.3 Å². The predicted molar refractivity (Wildman–Crippen MR) is 69.2 cm³/mol. The summed E-state index contributed by atoms with van der Waals surface area (Å²) in [5.74, 6) is -0.530. The molecule has 0 bridgehead atoms. The van der Waals surface area contributed by atoms with Crippen molar-refractivity contribution in [1.29, 1.82) is 0 Å². The molecule has 0 aliphatic rings. The lowest BCUT2D eigenvalue weighted by Crippen LogP contribution is -2.11. The summed E-state index contributed by atoms with van der Waals surface area (Å²) in [6.45, 7) is -2.96. The molecular weight excluding hydrogens is 292 g/mol. The molecule has 106 valence electrons. The molecule has 2 aromatic rings. The van der Waals surface area contributed by atoms with Crippen molar-refractivity contribution in [2.24, 2.45) is 7.05 Å². The third-order valence-corrected chi connectivity index (χ3v) is 2.67. The van der Waals surface area contributed by atoms with Crippen LogP contribution in [0.4, 0.5) is 14.5 Å². The number of nitrogens with one attached hydrogen (secondary N) is 1. The summed E-state index contributed by atoms with van der Waals surface area (Å²) in [5.41, 5.74) is 0.738. The minimum atomic E-state index is -2.96. The second kappa shape index (κ2) is 5.87. The Bertz CT molecular complexity index is 631. The molecule has 0 unspecified atom stereocenters. The van der Waals surface area contributed by atoms with Gasteiger partial charge in [-0.2, -0.15) is 13.9 Å². The summed E-state index contributed by atoms with van der Waals surface area (Å²) in [5, 5.41) is 6.42. The molecule has 1 N–H and O–H groups in total. The molecule has 0 atom stereocenters. The number of carbonyl (C=O) groups excluding carboxylic acids is 1. The van der Waals surface area contributed by atoms with E-state index in [1.165, 1.54) is 29.1 Å². The maximum atomic E-state index is 12.1. The van der Waals surface area contributed by atoms with E-state index < -0.39 is 6.61 Å². The summed E-state index contributed by atoms with van der Waals surface area (Å²) in [6, 6.07) is 4.00. The molecule has 0 aliphatic carbocycles. The van der Waals surface area contributed by atoms with Crippen molar-refractivity contribution in [2.45, 2.75) is 6.61 Å². The van der Waals surface area contributed by atoms with Crippen LogP contribution in [0.1, 0.15) is 10.4 Å². The molecule has 0 saturated heterocycles. The van der Waals surface area contributed by atoms with Crippen LogP contribution in [0, 0.1) is 0 Å². The van der Waals surface area contributed by atoms with Crippen LogP contribution in [0.2, 0.25) is 5.02 Å². The number of hydrogen-bond donors (Lipinski definition) is 1. The number of alkyl halides is 2. The molecule has 2 rings (SSSR count). The molecule has 1 heterocycles. The number of nitrogens with zero attached hydrogens (tertiary/aromatic N) is 2. The minimum absolute atomic E-state index is 0.0192. The Morgan fingerprint density at radius 2 is 2.25 bits per heavy atom. The van der Waals surface area contributed by atoms with Crippen LogP contribution >= 0.6 is 11.6 Å². The van der Waals surface area contributed by atoms with Crippen molar-refractivity contribution in [3.8, 4) is 5.75 Å². The zero-order valence-corrected chi connectivity index (χ0v) is 11.1.